The van der Waals surface area contributed by atoms with E-state index in [9.17, 15) is 13.6 Å². The van der Waals surface area contributed by atoms with Crippen LogP contribution >= 0.6 is 0 Å². The molecule has 1 fully saturated rings. The fraction of sp³-hybridized carbons (Fsp3) is 0.500. The maximum absolute atomic E-state index is 14.3. The average molecular weight is 445 g/mol. The number of aliphatic imine (C=N–C) groups is 1. The van der Waals surface area contributed by atoms with E-state index in [0.29, 0.717) is 30.7 Å². The van der Waals surface area contributed by atoms with E-state index < -0.39 is 5.92 Å². The van der Waals surface area contributed by atoms with Crippen molar-refractivity contribution in [3.8, 4) is 0 Å². The van der Waals surface area contributed by atoms with Crippen LogP contribution in [0.1, 0.15) is 24.5 Å². The summed E-state index contributed by atoms with van der Waals surface area (Å²) in [5.74, 6) is -2.11. The zero-order valence-electron chi connectivity index (χ0n) is 18.6. The standard InChI is InChI=1S/C24H30F2N4O2/c1-24(25,26)20-6-4-3-5-19(20)16-30-22-8-7-18(17-31)15-21(22)27-23(30)29-11-9-28(10-12-29)13-14-32-2/h3-7,15,17,22H,8-14,16H2,1-2H3. The number of hydrogen-bond donors (Lipinski definition) is 0. The molecule has 0 N–H and O–H groups in total. The molecule has 1 unspecified atom stereocenters. The number of alkyl halides is 2. The molecule has 0 radical (unpaired) electrons. The topological polar surface area (TPSA) is 48.4 Å². The van der Waals surface area contributed by atoms with Crippen LogP contribution < -0.4 is 0 Å². The molecule has 0 aromatic heterocycles. The van der Waals surface area contributed by atoms with Gasteiger partial charge in [0.25, 0.3) is 5.92 Å². The van der Waals surface area contributed by atoms with E-state index in [-0.39, 0.29) is 11.6 Å². The zero-order valence-corrected chi connectivity index (χ0v) is 18.6. The maximum atomic E-state index is 14.3. The normalized spacial score (nSPS) is 21.8. The minimum absolute atomic E-state index is 0.0427. The predicted molar refractivity (Wildman–Crippen MR) is 120 cm³/mol. The lowest BCUT2D eigenvalue weighted by molar-refractivity contribution is -0.104. The molecule has 32 heavy (non-hydrogen) atoms. The number of fused-ring (bicyclic) bond motifs is 1. The smallest absolute Gasteiger partial charge is 0.270 e. The number of halogens is 2. The summed E-state index contributed by atoms with van der Waals surface area (Å²) in [6, 6.07) is 6.66. The maximum Gasteiger partial charge on any atom is 0.270 e. The van der Waals surface area contributed by atoms with Gasteiger partial charge in [-0.05, 0) is 18.1 Å². The van der Waals surface area contributed by atoms with E-state index in [1.54, 1.807) is 25.3 Å². The van der Waals surface area contributed by atoms with Crippen LogP contribution in [0, 0.1) is 0 Å². The summed E-state index contributed by atoms with van der Waals surface area (Å²) < 4.78 is 33.7. The van der Waals surface area contributed by atoms with Crippen LogP contribution in [0.5, 0.6) is 0 Å². The molecule has 3 aliphatic rings. The molecule has 0 bridgehead atoms. The number of guanidine groups is 1. The lowest BCUT2D eigenvalue weighted by Gasteiger charge is -2.39. The number of methoxy groups -OCH3 is 1. The van der Waals surface area contributed by atoms with Crippen molar-refractivity contribution in [2.45, 2.75) is 31.9 Å². The quantitative estimate of drug-likeness (QED) is 0.605. The molecule has 1 aromatic rings. The van der Waals surface area contributed by atoms with Gasteiger partial charge >= 0.3 is 0 Å². The van der Waals surface area contributed by atoms with Crippen LogP contribution in [-0.2, 0) is 22.0 Å². The van der Waals surface area contributed by atoms with E-state index >= 15 is 0 Å². The predicted octanol–water partition coefficient (Wildman–Crippen LogP) is 3.02. The molecule has 172 valence electrons. The number of nitrogens with zero attached hydrogens (tertiary/aromatic N) is 4. The summed E-state index contributed by atoms with van der Waals surface area (Å²) in [7, 11) is 1.70. The first kappa shape index (κ1) is 22.6. The van der Waals surface area contributed by atoms with Crippen LogP contribution in [-0.4, -0.2) is 79.4 Å². The summed E-state index contributed by atoms with van der Waals surface area (Å²) in [6.07, 6.45) is 5.18. The molecular formula is C24H30F2N4O2. The Balaban J connectivity index is 1.59. The first-order valence-electron chi connectivity index (χ1n) is 11.1. The summed E-state index contributed by atoms with van der Waals surface area (Å²) >= 11 is 0. The van der Waals surface area contributed by atoms with Gasteiger partial charge < -0.3 is 14.5 Å². The Morgan fingerprint density at radius 3 is 2.66 bits per heavy atom. The average Bonchev–Trinajstić information content (AvgIpc) is 3.15. The van der Waals surface area contributed by atoms with E-state index in [1.165, 1.54) is 6.07 Å². The van der Waals surface area contributed by atoms with Gasteiger partial charge in [0.05, 0.1) is 18.3 Å². The van der Waals surface area contributed by atoms with E-state index in [2.05, 4.69) is 14.7 Å². The van der Waals surface area contributed by atoms with Crippen LogP contribution in [0.15, 0.2) is 52.7 Å². The van der Waals surface area contributed by atoms with Crippen molar-refractivity contribution in [1.82, 2.24) is 14.7 Å². The van der Waals surface area contributed by atoms with Crippen LogP contribution in [0.4, 0.5) is 8.78 Å². The van der Waals surface area contributed by atoms with Crippen molar-refractivity contribution in [3.05, 3.63) is 58.8 Å². The number of benzene rings is 1. The third-order valence-electron chi connectivity index (χ3n) is 6.33. The number of ether oxygens (including phenoxy) is 1. The van der Waals surface area contributed by atoms with Gasteiger partial charge in [-0.3, -0.25) is 9.69 Å². The van der Waals surface area contributed by atoms with Crippen molar-refractivity contribution < 1.29 is 18.3 Å². The Hall–Kier alpha value is -2.58. The molecule has 1 aliphatic carbocycles. The van der Waals surface area contributed by atoms with Gasteiger partial charge in [-0.15, -0.1) is 0 Å². The molecule has 0 amide bonds. The third-order valence-corrected chi connectivity index (χ3v) is 6.33. The highest BCUT2D eigenvalue weighted by atomic mass is 19.3. The van der Waals surface area contributed by atoms with Crippen LogP contribution in [0.3, 0.4) is 0 Å². The van der Waals surface area contributed by atoms with Gasteiger partial charge in [-0.25, -0.2) is 13.8 Å². The number of rotatable bonds is 7. The van der Waals surface area contributed by atoms with Crippen LogP contribution in [0.25, 0.3) is 0 Å². The Morgan fingerprint density at radius 1 is 1.22 bits per heavy atom. The Bertz CT molecular complexity index is 930. The number of allylic oxidation sites excluding steroid dienone is 2. The fourth-order valence-electron chi connectivity index (χ4n) is 4.58. The fourth-order valence-corrected chi connectivity index (χ4v) is 4.58. The molecule has 1 saturated heterocycles. The van der Waals surface area contributed by atoms with Crippen LogP contribution in [0.2, 0.25) is 0 Å². The molecule has 1 aromatic carbocycles. The zero-order chi connectivity index (χ0) is 22.7. The summed E-state index contributed by atoms with van der Waals surface area (Å²) in [5, 5.41) is 0. The Labute approximate surface area is 187 Å². The molecular weight excluding hydrogens is 414 g/mol. The second-order valence-electron chi connectivity index (χ2n) is 8.55. The van der Waals surface area contributed by atoms with Crippen molar-refractivity contribution >= 4 is 12.2 Å². The third kappa shape index (κ3) is 4.76. The first-order valence-corrected chi connectivity index (χ1v) is 11.1. The number of hydrogen-bond acceptors (Lipinski definition) is 6. The first-order chi connectivity index (χ1) is 15.4. The number of aldehydes is 1. The number of piperazine rings is 1. The summed E-state index contributed by atoms with van der Waals surface area (Å²) in [6.45, 7) is 6.26. The molecule has 0 saturated carbocycles. The molecule has 0 spiro atoms. The molecule has 6 nitrogen and oxygen atoms in total. The van der Waals surface area contributed by atoms with Gasteiger partial charge in [0.1, 0.15) is 6.29 Å². The van der Waals surface area contributed by atoms with Gasteiger partial charge in [-0.2, -0.15) is 0 Å². The molecule has 4 rings (SSSR count). The summed E-state index contributed by atoms with van der Waals surface area (Å²) in [5.41, 5.74) is 2.08. The lowest BCUT2D eigenvalue weighted by atomic mass is 9.98. The highest BCUT2D eigenvalue weighted by Gasteiger charge is 2.38. The highest BCUT2D eigenvalue weighted by molar-refractivity contribution is 5.86. The molecule has 8 heteroatoms. The second kappa shape index (κ2) is 9.50. The van der Waals surface area contributed by atoms with Gasteiger partial charge in [0, 0.05) is 64.4 Å². The van der Waals surface area contributed by atoms with Gasteiger partial charge in [0.2, 0.25) is 5.96 Å². The van der Waals surface area contributed by atoms with Crippen molar-refractivity contribution in [3.63, 3.8) is 0 Å². The molecule has 2 aliphatic heterocycles. The van der Waals surface area contributed by atoms with Gasteiger partial charge in [-0.1, -0.05) is 30.3 Å². The van der Waals surface area contributed by atoms with E-state index in [0.717, 1.165) is 57.6 Å². The summed E-state index contributed by atoms with van der Waals surface area (Å²) in [4.78, 5) is 22.9. The van der Waals surface area contributed by atoms with Crippen molar-refractivity contribution in [1.29, 1.82) is 0 Å². The monoisotopic (exact) mass is 444 g/mol. The molecule has 2 heterocycles. The van der Waals surface area contributed by atoms with Crippen molar-refractivity contribution in [2.24, 2.45) is 4.99 Å². The number of carbonyl (C=O) groups excluding carboxylic acids is 1. The van der Waals surface area contributed by atoms with E-state index in [1.807, 2.05) is 12.2 Å². The molecule has 1 atom stereocenters. The van der Waals surface area contributed by atoms with Crippen molar-refractivity contribution in [2.75, 3.05) is 46.4 Å². The Kier molecular flexibility index (Phi) is 6.71. The SMILES string of the molecule is COCCN1CCN(C2=NC3=CC(C=O)=CCC3N2Cc2ccccc2C(C)(F)F)CC1. The Morgan fingerprint density at radius 2 is 1.97 bits per heavy atom. The minimum Gasteiger partial charge on any atom is -0.383 e. The lowest BCUT2D eigenvalue weighted by Crippen LogP contribution is -2.53. The second-order valence-corrected chi connectivity index (χ2v) is 8.55. The number of carbonyl (C=O) groups is 1. The highest BCUT2D eigenvalue weighted by Crippen LogP contribution is 2.35. The van der Waals surface area contributed by atoms with Gasteiger partial charge in [0.15, 0.2) is 0 Å². The minimum atomic E-state index is -2.92. The largest absolute Gasteiger partial charge is 0.383 e. The van der Waals surface area contributed by atoms with E-state index in [4.69, 9.17) is 9.73 Å².